The van der Waals surface area contributed by atoms with Crippen molar-refractivity contribution in [1.29, 1.82) is 0 Å². The largest absolute Gasteiger partial charge is 0.313 e. The summed E-state index contributed by atoms with van der Waals surface area (Å²) in [6, 6.07) is 19.7. The summed E-state index contributed by atoms with van der Waals surface area (Å²) in [4.78, 5) is 0. The summed E-state index contributed by atoms with van der Waals surface area (Å²) in [7, 11) is -2.66. The van der Waals surface area contributed by atoms with Gasteiger partial charge in [0, 0.05) is 21.6 Å². The maximum absolute atomic E-state index is 13.9. The Morgan fingerprint density at radius 2 is 1.35 bits per heavy atom. The van der Waals surface area contributed by atoms with E-state index in [1.165, 1.54) is 0 Å². The van der Waals surface area contributed by atoms with Crippen molar-refractivity contribution < 1.29 is 4.57 Å². The second-order valence-electron chi connectivity index (χ2n) is 5.34. The Hall–Kier alpha value is -1.04. The van der Waals surface area contributed by atoms with Gasteiger partial charge in [0.15, 0.2) is 0 Å². The molecule has 2 aromatic carbocycles. The SMILES string of the molecule is O=P(c1ccccc1)(c1ccccc1)[C@@H]1CCC[C@H]1Cl. The molecule has 1 fully saturated rings. The van der Waals surface area contributed by atoms with Gasteiger partial charge in [0.2, 0.25) is 0 Å². The van der Waals surface area contributed by atoms with Gasteiger partial charge in [-0.15, -0.1) is 11.6 Å². The van der Waals surface area contributed by atoms with Gasteiger partial charge >= 0.3 is 0 Å². The first-order chi connectivity index (χ1) is 9.73. The van der Waals surface area contributed by atoms with E-state index in [1.807, 2.05) is 60.7 Å². The second kappa shape index (κ2) is 5.76. The van der Waals surface area contributed by atoms with Crippen molar-refractivity contribution in [1.82, 2.24) is 0 Å². The van der Waals surface area contributed by atoms with Gasteiger partial charge in [0.1, 0.15) is 7.14 Å². The molecule has 104 valence electrons. The topological polar surface area (TPSA) is 17.1 Å². The van der Waals surface area contributed by atoms with Crippen molar-refractivity contribution in [3.8, 4) is 0 Å². The summed E-state index contributed by atoms with van der Waals surface area (Å²) >= 11 is 6.49. The Balaban J connectivity index is 2.16. The molecule has 1 aliphatic carbocycles. The van der Waals surface area contributed by atoms with Crippen LogP contribution in [0.1, 0.15) is 19.3 Å². The maximum atomic E-state index is 13.9. The smallest absolute Gasteiger partial charge is 0.147 e. The highest BCUT2D eigenvalue weighted by Gasteiger charge is 2.42. The zero-order chi connectivity index (χ0) is 14.0. The van der Waals surface area contributed by atoms with Crippen molar-refractivity contribution in [3.63, 3.8) is 0 Å². The van der Waals surface area contributed by atoms with E-state index in [-0.39, 0.29) is 11.0 Å². The molecule has 0 heterocycles. The molecular formula is C17H18ClOP. The minimum atomic E-state index is -2.66. The molecule has 0 aromatic heterocycles. The van der Waals surface area contributed by atoms with Crippen LogP contribution in [-0.2, 0) is 4.57 Å². The van der Waals surface area contributed by atoms with Gasteiger partial charge in [-0.05, 0) is 12.8 Å². The van der Waals surface area contributed by atoms with Crippen molar-refractivity contribution in [2.75, 3.05) is 0 Å². The van der Waals surface area contributed by atoms with Gasteiger partial charge in [0.05, 0.1) is 0 Å². The van der Waals surface area contributed by atoms with Crippen LogP contribution in [0.2, 0.25) is 0 Å². The van der Waals surface area contributed by atoms with Crippen LogP contribution in [0.3, 0.4) is 0 Å². The molecule has 0 unspecified atom stereocenters. The van der Waals surface area contributed by atoms with Crippen molar-refractivity contribution in [2.45, 2.75) is 30.3 Å². The first-order valence-electron chi connectivity index (χ1n) is 7.08. The van der Waals surface area contributed by atoms with Crippen LogP contribution >= 0.6 is 18.7 Å². The first kappa shape index (κ1) is 13.9. The highest BCUT2D eigenvalue weighted by molar-refractivity contribution is 7.79. The molecule has 0 N–H and O–H groups in total. The molecule has 2 atom stereocenters. The van der Waals surface area contributed by atoms with Gasteiger partial charge in [-0.1, -0.05) is 67.1 Å². The molecule has 3 heteroatoms. The molecule has 1 nitrogen and oxygen atoms in total. The molecule has 1 saturated carbocycles. The van der Waals surface area contributed by atoms with Gasteiger partial charge in [0.25, 0.3) is 0 Å². The predicted octanol–water partition coefficient (Wildman–Crippen LogP) is 4.16. The summed E-state index contributed by atoms with van der Waals surface area (Å²) in [5, 5.41) is 1.88. The van der Waals surface area contributed by atoms with E-state index >= 15 is 0 Å². The third kappa shape index (κ3) is 2.34. The van der Waals surface area contributed by atoms with E-state index in [4.69, 9.17) is 11.6 Å². The van der Waals surface area contributed by atoms with Gasteiger partial charge < -0.3 is 4.57 Å². The van der Waals surface area contributed by atoms with Crippen LogP contribution < -0.4 is 10.6 Å². The fourth-order valence-corrected chi connectivity index (χ4v) is 7.34. The summed E-state index contributed by atoms with van der Waals surface area (Å²) in [5.74, 6) is 0. The summed E-state index contributed by atoms with van der Waals surface area (Å²) < 4.78 is 13.9. The Labute approximate surface area is 125 Å². The molecule has 20 heavy (non-hydrogen) atoms. The van der Waals surface area contributed by atoms with Crippen LogP contribution in [0.5, 0.6) is 0 Å². The lowest BCUT2D eigenvalue weighted by atomic mass is 10.3. The number of alkyl halides is 1. The highest BCUT2D eigenvalue weighted by atomic mass is 35.5. The maximum Gasteiger partial charge on any atom is 0.147 e. The molecule has 3 rings (SSSR count). The summed E-state index contributed by atoms with van der Waals surface area (Å²) in [6.45, 7) is 0. The lowest BCUT2D eigenvalue weighted by Crippen LogP contribution is -2.28. The molecular weight excluding hydrogens is 287 g/mol. The molecule has 0 radical (unpaired) electrons. The van der Waals surface area contributed by atoms with Gasteiger partial charge in [-0.3, -0.25) is 0 Å². The van der Waals surface area contributed by atoms with Crippen molar-refractivity contribution >= 4 is 29.4 Å². The monoisotopic (exact) mass is 304 g/mol. The summed E-state index contributed by atoms with van der Waals surface area (Å²) in [5.41, 5.74) is 0.0639. The van der Waals surface area contributed by atoms with E-state index in [9.17, 15) is 4.57 Å². The van der Waals surface area contributed by atoms with Crippen molar-refractivity contribution in [2.24, 2.45) is 0 Å². The molecule has 1 aliphatic rings. The second-order valence-corrected chi connectivity index (χ2v) is 8.92. The Bertz CT molecular complexity index is 568. The number of hydrogen-bond acceptors (Lipinski definition) is 1. The minimum Gasteiger partial charge on any atom is -0.313 e. The number of halogens is 1. The van der Waals surface area contributed by atoms with Crippen molar-refractivity contribution in [3.05, 3.63) is 60.7 Å². The highest BCUT2D eigenvalue weighted by Crippen LogP contribution is 2.55. The average Bonchev–Trinajstić information content (AvgIpc) is 2.95. The van der Waals surface area contributed by atoms with E-state index in [0.717, 1.165) is 29.9 Å². The fraction of sp³-hybridized carbons (Fsp3) is 0.294. The molecule has 0 spiro atoms. The minimum absolute atomic E-state index is 0.0150. The zero-order valence-corrected chi connectivity index (χ0v) is 12.9. The van der Waals surface area contributed by atoms with Crippen LogP contribution in [0.15, 0.2) is 60.7 Å². The average molecular weight is 305 g/mol. The molecule has 0 saturated heterocycles. The molecule has 0 bridgehead atoms. The Kier molecular flexibility index (Phi) is 4.01. The molecule has 0 aliphatic heterocycles. The third-order valence-electron chi connectivity index (χ3n) is 4.14. The third-order valence-corrected chi connectivity index (χ3v) is 8.52. The van der Waals surface area contributed by atoms with Crippen LogP contribution in [0, 0.1) is 0 Å². The first-order valence-corrected chi connectivity index (χ1v) is 9.29. The van der Waals surface area contributed by atoms with Crippen LogP contribution in [-0.4, -0.2) is 11.0 Å². The fourth-order valence-electron chi connectivity index (χ4n) is 3.14. The number of hydrogen-bond donors (Lipinski definition) is 0. The number of benzene rings is 2. The Morgan fingerprint density at radius 1 is 0.850 bits per heavy atom. The van der Waals surface area contributed by atoms with Crippen LogP contribution in [0.4, 0.5) is 0 Å². The Morgan fingerprint density at radius 3 is 1.75 bits per heavy atom. The van der Waals surface area contributed by atoms with Crippen LogP contribution in [0.25, 0.3) is 0 Å². The standard InChI is InChI=1S/C17H18ClOP/c18-16-12-7-13-17(16)20(19,14-8-3-1-4-9-14)15-10-5-2-6-11-15/h1-6,8-11,16-17H,7,12-13H2/t16-,17-/m1/s1. The molecule has 0 amide bonds. The lowest BCUT2D eigenvalue weighted by molar-refractivity contribution is 0.577. The zero-order valence-electron chi connectivity index (χ0n) is 11.3. The number of rotatable bonds is 3. The summed E-state index contributed by atoms with van der Waals surface area (Å²) in [6.07, 6.45) is 2.99. The van der Waals surface area contributed by atoms with E-state index < -0.39 is 7.14 Å². The predicted molar refractivity (Wildman–Crippen MR) is 87.0 cm³/mol. The normalized spacial score (nSPS) is 22.9. The van der Waals surface area contributed by atoms with Gasteiger partial charge in [-0.2, -0.15) is 0 Å². The quantitative estimate of drug-likeness (QED) is 0.615. The van der Waals surface area contributed by atoms with E-state index in [2.05, 4.69) is 0 Å². The lowest BCUT2D eigenvalue weighted by Gasteiger charge is -2.27. The van der Waals surface area contributed by atoms with Gasteiger partial charge in [-0.25, -0.2) is 0 Å². The molecule has 2 aromatic rings. The van der Waals surface area contributed by atoms with E-state index in [0.29, 0.717) is 0 Å². The van der Waals surface area contributed by atoms with E-state index in [1.54, 1.807) is 0 Å².